The maximum Gasteiger partial charge on any atom is 0.243 e. The van der Waals surface area contributed by atoms with Crippen molar-refractivity contribution in [1.82, 2.24) is 14.3 Å². The van der Waals surface area contributed by atoms with Crippen molar-refractivity contribution >= 4 is 15.8 Å². The molecule has 0 bridgehead atoms. The summed E-state index contributed by atoms with van der Waals surface area (Å²) in [6.07, 6.45) is 0.751. The molecule has 1 aliphatic rings. The van der Waals surface area contributed by atoms with Crippen molar-refractivity contribution in [2.75, 3.05) is 38.2 Å². The van der Waals surface area contributed by atoms with Crippen molar-refractivity contribution in [1.29, 1.82) is 0 Å². The zero-order chi connectivity index (χ0) is 22.6. The number of anilines is 1. The third-order valence-electron chi connectivity index (χ3n) is 5.44. The van der Waals surface area contributed by atoms with Gasteiger partial charge in [0, 0.05) is 31.3 Å². The van der Waals surface area contributed by atoms with Crippen molar-refractivity contribution in [3.63, 3.8) is 0 Å². The number of benzene rings is 2. The van der Waals surface area contributed by atoms with E-state index in [1.807, 2.05) is 25.1 Å². The van der Waals surface area contributed by atoms with Crippen molar-refractivity contribution < 1.29 is 13.2 Å². The largest absolute Gasteiger partial charge is 0.379 e. The normalized spacial score (nSPS) is 14.9. The highest BCUT2D eigenvalue weighted by Crippen LogP contribution is 2.21. The number of nitrogens with one attached hydrogen (secondary N) is 1. The van der Waals surface area contributed by atoms with Gasteiger partial charge in [0.1, 0.15) is 11.6 Å². The van der Waals surface area contributed by atoms with Crippen LogP contribution < -0.4 is 5.32 Å². The number of ether oxygens (including phenoxy) is 1. The molecule has 0 saturated carbocycles. The summed E-state index contributed by atoms with van der Waals surface area (Å²) in [6.45, 7) is 6.31. The Hall–Kier alpha value is -2.81. The number of aryl methyl sites for hydroxylation is 2. The van der Waals surface area contributed by atoms with Gasteiger partial charge in [-0.1, -0.05) is 42.0 Å². The molecule has 7 nitrogen and oxygen atoms in total. The Labute approximate surface area is 189 Å². The molecule has 32 heavy (non-hydrogen) atoms. The molecule has 2 heterocycles. The number of morpholine rings is 1. The minimum Gasteiger partial charge on any atom is -0.379 e. The number of rotatable bonds is 7. The SMILES string of the molecule is Cc1ccc(-c2cc(NCCc3ccc(S(=O)(=O)N4CCOCC4)cc3)nc(C)n2)cc1. The molecule has 168 valence electrons. The van der Waals surface area contributed by atoms with Gasteiger partial charge in [-0.3, -0.25) is 0 Å². The van der Waals surface area contributed by atoms with E-state index in [4.69, 9.17) is 4.74 Å². The third-order valence-corrected chi connectivity index (χ3v) is 7.35. The van der Waals surface area contributed by atoms with Crippen molar-refractivity contribution in [3.05, 3.63) is 71.5 Å². The van der Waals surface area contributed by atoms with Crippen LogP contribution in [0.2, 0.25) is 0 Å². The summed E-state index contributed by atoms with van der Waals surface area (Å²) in [5.41, 5.74) is 4.21. The lowest BCUT2D eigenvalue weighted by Gasteiger charge is -2.26. The first kappa shape index (κ1) is 22.4. The first-order valence-corrected chi connectivity index (χ1v) is 12.2. The van der Waals surface area contributed by atoms with Crippen LogP contribution in [-0.4, -0.2) is 55.5 Å². The lowest BCUT2D eigenvalue weighted by molar-refractivity contribution is 0.0730. The Bertz CT molecular complexity index is 1160. The molecule has 2 aromatic carbocycles. The van der Waals surface area contributed by atoms with E-state index in [0.29, 0.717) is 43.6 Å². The predicted molar refractivity (Wildman–Crippen MR) is 125 cm³/mol. The number of nitrogens with zero attached hydrogens (tertiary/aromatic N) is 3. The van der Waals surface area contributed by atoms with Crippen LogP contribution in [0.15, 0.2) is 59.5 Å². The Morgan fingerprint density at radius 1 is 0.969 bits per heavy atom. The maximum atomic E-state index is 12.7. The van der Waals surface area contributed by atoms with E-state index in [2.05, 4.69) is 46.5 Å². The minimum atomic E-state index is -3.46. The summed E-state index contributed by atoms with van der Waals surface area (Å²) in [5, 5.41) is 3.36. The van der Waals surface area contributed by atoms with Crippen LogP contribution >= 0.6 is 0 Å². The van der Waals surface area contributed by atoms with Gasteiger partial charge < -0.3 is 10.1 Å². The van der Waals surface area contributed by atoms with Gasteiger partial charge >= 0.3 is 0 Å². The average Bonchev–Trinajstić information content (AvgIpc) is 2.80. The smallest absolute Gasteiger partial charge is 0.243 e. The van der Waals surface area contributed by atoms with Crippen molar-refractivity contribution in [3.8, 4) is 11.3 Å². The average molecular weight is 453 g/mol. The van der Waals surface area contributed by atoms with Gasteiger partial charge in [0.25, 0.3) is 0 Å². The Morgan fingerprint density at radius 2 is 1.66 bits per heavy atom. The summed E-state index contributed by atoms with van der Waals surface area (Å²) in [5.74, 6) is 1.49. The molecule has 0 spiro atoms. The van der Waals surface area contributed by atoms with E-state index in [9.17, 15) is 8.42 Å². The standard InChI is InChI=1S/C24H28N4O3S/c1-18-3-7-21(8-4-18)23-17-24(27-19(2)26-23)25-12-11-20-5-9-22(10-6-20)32(29,30)28-13-15-31-16-14-28/h3-10,17H,11-16H2,1-2H3,(H,25,26,27). The van der Waals surface area contributed by atoms with Gasteiger partial charge in [-0.05, 0) is 38.0 Å². The topological polar surface area (TPSA) is 84.4 Å². The molecule has 0 unspecified atom stereocenters. The second-order valence-electron chi connectivity index (χ2n) is 7.89. The summed E-state index contributed by atoms with van der Waals surface area (Å²) in [7, 11) is -3.46. The maximum absolute atomic E-state index is 12.7. The van der Waals surface area contributed by atoms with Gasteiger partial charge in [0.05, 0.1) is 23.8 Å². The van der Waals surface area contributed by atoms with Crippen LogP contribution in [0.25, 0.3) is 11.3 Å². The molecule has 0 aliphatic carbocycles. The molecular formula is C24H28N4O3S. The van der Waals surface area contributed by atoms with E-state index in [1.165, 1.54) is 9.87 Å². The van der Waals surface area contributed by atoms with E-state index in [1.54, 1.807) is 12.1 Å². The Kier molecular flexibility index (Phi) is 6.83. The second-order valence-corrected chi connectivity index (χ2v) is 9.83. The molecule has 0 atom stereocenters. The van der Waals surface area contributed by atoms with Crippen LogP contribution in [0.1, 0.15) is 17.0 Å². The highest BCUT2D eigenvalue weighted by atomic mass is 32.2. The van der Waals surface area contributed by atoms with E-state index in [-0.39, 0.29) is 0 Å². The van der Waals surface area contributed by atoms with Gasteiger partial charge in [0.15, 0.2) is 0 Å². The highest BCUT2D eigenvalue weighted by Gasteiger charge is 2.26. The van der Waals surface area contributed by atoms with Gasteiger partial charge in [-0.25, -0.2) is 18.4 Å². The number of sulfonamides is 1. The van der Waals surface area contributed by atoms with E-state index in [0.717, 1.165) is 29.1 Å². The zero-order valence-electron chi connectivity index (χ0n) is 18.4. The number of hydrogen-bond acceptors (Lipinski definition) is 6. The van der Waals surface area contributed by atoms with Gasteiger partial charge in [0.2, 0.25) is 10.0 Å². The molecule has 1 aliphatic heterocycles. The molecule has 3 aromatic rings. The molecule has 0 amide bonds. The second kappa shape index (κ2) is 9.77. The summed E-state index contributed by atoms with van der Waals surface area (Å²) < 4.78 is 32.2. The summed E-state index contributed by atoms with van der Waals surface area (Å²) in [6, 6.07) is 17.3. The Morgan fingerprint density at radius 3 is 2.34 bits per heavy atom. The van der Waals surface area contributed by atoms with Gasteiger partial charge in [-0.2, -0.15) is 4.31 Å². The first-order valence-electron chi connectivity index (χ1n) is 10.8. The minimum absolute atomic E-state index is 0.324. The Balaban J connectivity index is 1.38. The molecule has 0 radical (unpaired) electrons. The van der Waals surface area contributed by atoms with E-state index < -0.39 is 10.0 Å². The molecular weight excluding hydrogens is 424 g/mol. The van der Waals surface area contributed by atoms with Crippen LogP contribution in [0.5, 0.6) is 0 Å². The summed E-state index contributed by atoms with van der Waals surface area (Å²) in [4.78, 5) is 9.36. The molecule has 8 heteroatoms. The highest BCUT2D eigenvalue weighted by molar-refractivity contribution is 7.89. The molecule has 1 fully saturated rings. The summed E-state index contributed by atoms with van der Waals surface area (Å²) >= 11 is 0. The fourth-order valence-electron chi connectivity index (χ4n) is 3.63. The monoisotopic (exact) mass is 452 g/mol. The lowest BCUT2D eigenvalue weighted by Crippen LogP contribution is -2.40. The number of aromatic nitrogens is 2. The first-order chi connectivity index (χ1) is 15.4. The van der Waals surface area contributed by atoms with Crippen molar-refractivity contribution in [2.45, 2.75) is 25.2 Å². The quantitative estimate of drug-likeness (QED) is 0.591. The fraction of sp³-hybridized carbons (Fsp3) is 0.333. The van der Waals surface area contributed by atoms with Crippen LogP contribution in [0, 0.1) is 13.8 Å². The third kappa shape index (κ3) is 5.32. The van der Waals surface area contributed by atoms with Crippen LogP contribution in [0.4, 0.5) is 5.82 Å². The zero-order valence-corrected chi connectivity index (χ0v) is 19.2. The van der Waals surface area contributed by atoms with Gasteiger partial charge in [-0.15, -0.1) is 0 Å². The molecule has 4 rings (SSSR count). The molecule has 1 N–H and O–H groups in total. The van der Waals surface area contributed by atoms with E-state index >= 15 is 0 Å². The predicted octanol–water partition coefficient (Wildman–Crippen LogP) is 3.44. The van der Waals surface area contributed by atoms with Crippen LogP contribution in [0.3, 0.4) is 0 Å². The fourth-order valence-corrected chi connectivity index (χ4v) is 5.04. The molecule has 1 aromatic heterocycles. The van der Waals surface area contributed by atoms with Crippen molar-refractivity contribution in [2.24, 2.45) is 0 Å². The van der Waals surface area contributed by atoms with Crippen LogP contribution in [-0.2, 0) is 21.2 Å². The molecule has 1 saturated heterocycles. The number of hydrogen-bond donors (Lipinski definition) is 1. The lowest BCUT2D eigenvalue weighted by atomic mass is 10.1.